The Morgan fingerprint density at radius 3 is 2.11 bits per heavy atom. The van der Waals surface area contributed by atoms with Crippen LogP contribution in [-0.4, -0.2) is 42.6 Å². The lowest BCUT2D eigenvalue weighted by molar-refractivity contribution is 0.430. The lowest BCUT2D eigenvalue weighted by atomic mass is 10.1. The van der Waals surface area contributed by atoms with Gasteiger partial charge in [0.15, 0.2) is 11.6 Å². The fourth-order valence-electron chi connectivity index (χ4n) is 2.41. The Morgan fingerprint density at radius 1 is 0.704 bits per heavy atom. The molecule has 0 fully saturated rings. The van der Waals surface area contributed by atoms with Crippen LogP contribution in [0.3, 0.4) is 0 Å². The largest absolute Gasteiger partial charge is 0.571 e. The van der Waals surface area contributed by atoms with Crippen molar-refractivity contribution in [1.82, 2.24) is 29.9 Å². The second kappa shape index (κ2) is 7.67. The first-order valence-electron chi connectivity index (χ1n) is 8.00. The van der Waals surface area contributed by atoms with E-state index >= 15 is 0 Å². The Morgan fingerprint density at radius 2 is 1.41 bits per heavy atom. The van der Waals surface area contributed by atoms with Gasteiger partial charge in [-0.25, -0.2) is 15.0 Å². The Balaban J connectivity index is 1.73. The summed E-state index contributed by atoms with van der Waals surface area (Å²) in [6.07, 6.45) is 6.66. The van der Waals surface area contributed by atoms with Crippen LogP contribution in [0.1, 0.15) is 0 Å². The molecule has 0 saturated carbocycles. The Bertz CT molecular complexity index is 1030. The average molecular weight is 355 g/mol. The number of nitrogens with zero attached hydrogens (tertiary/aromatic N) is 6. The first kappa shape index (κ1) is 16.7. The van der Waals surface area contributed by atoms with Crippen LogP contribution in [0.2, 0.25) is 0 Å². The topological polar surface area (TPSA) is 107 Å². The van der Waals surface area contributed by atoms with Gasteiger partial charge in [-0.15, -0.1) is 0 Å². The molecule has 0 aliphatic heterocycles. The van der Waals surface area contributed by atoms with Gasteiger partial charge >= 0.3 is 13.7 Å². The van der Waals surface area contributed by atoms with Crippen molar-refractivity contribution in [3.8, 4) is 40.2 Å². The summed E-state index contributed by atoms with van der Waals surface area (Å²) in [5.41, 5.74) is 2.61. The molecule has 0 amide bonds. The SMILES string of the molecule is O[B]Oc1nc(-c2ccncc2)nc(-c2ncc(-c3ccccc3)cn2)n1. The van der Waals surface area contributed by atoms with E-state index in [0.717, 1.165) is 16.7 Å². The number of aromatic nitrogens is 6. The maximum absolute atomic E-state index is 8.92. The van der Waals surface area contributed by atoms with E-state index in [0.29, 0.717) is 19.3 Å². The molecule has 3 aromatic heterocycles. The molecule has 0 aliphatic rings. The average Bonchev–Trinajstić information content (AvgIpc) is 2.75. The molecule has 1 aromatic carbocycles. The molecule has 0 spiro atoms. The highest BCUT2D eigenvalue weighted by Crippen LogP contribution is 2.22. The summed E-state index contributed by atoms with van der Waals surface area (Å²) >= 11 is 0. The van der Waals surface area contributed by atoms with Crippen molar-refractivity contribution in [1.29, 1.82) is 0 Å². The van der Waals surface area contributed by atoms with Gasteiger partial charge in [0.25, 0.3) is 0 Å². The smallest absolute Gasteiger partial charge is 0.508 e. The molecule has 0 unspecified atom stereocenters. The molecule has 1 radical (unpaired) electrons. The third kappa shape index (κ3) is 3.78. The van der Waals surface area contributed by atoms with Crippen LogP contribution < -0.4 is 4.65 Å². The van der Waals surface area contributed by atoms with Gasteiger partial charge in [0.05, 0.1) is 0 Å². The van der Waals surface area contributed by atoms with E-state index in [9.17, 15) is 0 Å². The maximum atomic E-state index is 8.92. The monoisotopic (exact) mass is 355 g/mol. The van der Waals surface area contributed by atoms with Crippen LogP contribution in [0, 0.1) is 0 Å². The van der Waals surface area contributed by atoms with Crippen molar-refractivity contribution < 1.29 is 9.68 Å². The highest BCUT2D eigenvalue weighted by molar-refractivity contribution is 6.17. The summed E-state index contributed by atoms with van der Waals surface area (Å²) in [5, 5.41) is 8.92. The summed E-state index contributed by atoms with van der Waals surface area (Å²) in [4.78, 5) is 25.4. The second-order valence-corrected chi connectivity index (χ2v) is 5.39. The molecule has 27 heavy (non-hydrogen) atoms. The zero-order chi connectivity index (χ0) is 18.5. The summed E-state index contributed by atoms with van der Waals surface area (Å²) in [7, 11) is 0.509. The highest BCUT2D eigenvalue weighted by Gasteiger charge is 2.13. The van der Waals surface area contributed by atoms with E-state index in [-0.39, 0.29) is 11.8 Å². The molecule has 0 saturated heterocycles. The van der Waals surface area contributed by atoms with Crippen LogP contribution in [0.4, 0.5) is 0 Å². The minimum absolute atomic E-state index is 0.0648. The molecule has 4 rings (SSSR count). The van der Waals surface area contributed by atoms with Gasteiger partial charge in [-0.05, 0) is 17.7 Å². The molecule has 0 bridgehead atoms. The van der Waals surface area contributed by atoms with Crippen molar-refractivity contribution in [2.75, 3.05) is 0 Å². The Labute approximate surface area is 155 Å². The standard InChI is InChI=1S/C18H12BN6O2/c26-19-27-18-24-15(13-6-8-20-9-7-13)23-17(25-18)16-21-10-14(11-22-16)12-4-2-1-3-5-12/h1-11,26H. The number of benzene rings is 1. The van der Waals surface area contributed by atoms with Gasteiger partial charge in [0.2, 0.25) is 5.82 Å². The Kier molecular flexibility index (Phi) is 4.75. The van der Waals surface area contributed by atoms with E-state index < -0.39 is 0 Å². The van der Waals surface area contributed by atoms with E-state index in [2.05, 4.69) is 29.9 Å². The third-order valence-electron chi connectivity index (χ3n) is 3.67. The zero-order valence-electron chi connectivity index (χ0n) is 14.0. The summed E-state index contributed by atoms with van der Waals surface area (Å²) in [6.45, 7) is 0. The highest BCUT2D eigenvalue weighted by atomic mass is 16.5. The van der Waals surface area contributed by atoms with Gasteiger partial charge in [-0.1, -0.05) is 30.3 Å². The molecule has 9 heteroatoms. The lowest BCUT2D eigenvalue weighted by Crippen LogP contribution is -2.07. The van der Waals surface area contributed by atoms with E-state index in [4.69, 9.17) is 9.68 Å². The molecule has 3 heterocycles. The number of rotatable bonds is 5. The van der Waals surface area contributed by atoms with Crippen LogP contribution in [0.25, 0.3) is 34.2 Å². The van der Waals surface area contributed by atoms with Gasteiger partial charge < -0.3 is 9.68 Å². The molecule has 4 aromatic rings. The van der Waals surface area contributed by atoms with E-state index in [1.807, 2.05) is 30.3 Å². The first-order chi connectivity index (χ1) is 13.3. The van der Waals surface area contributed by atoms with E-state index in [1.54, 1.807) is 36.9 Å². The number of hydrogen-bond donors (Lipinski definition) is 1. The van der Waals surface area contributed by atoms with Crippen LogP contribution in [-0.2, 0) is 0 Å². The molecule has 0 atom stereocenters. The van der Waals surface area contributed by atoms with Crippen LogP contribution in [0.5, 0.6) is 6.01 Å². The molecular weight excluding hydrogens is 343 g/mol. The fourth-order valence-corrected chi connectivity index (χ4v) is 2.41. The second-order valence-electron chi connectivity index (χ2n) is 5.39. The van der Waals surface area contributed by atoms with Crippen molar-refractivity contribution in [3.63, 3.8) is 0 Å². The third-order valence-corrected chi connectivity index (χ3v) is 3.67. The summed E-state index contributed by atoms with van der Waals surface area (Å²) in [5.74, 6) is 0.901. The summed E-state index contributed by atoms with van der Waals surface area (Å²) < 4.78 is 4.92. The minimum Gasteiger partial charge on any atom is -0.508 e. The normalized spacial score (nSPS) is 10.4. The number of pyridine rings is 1. The van der Waals surface area contributed by atoms with Crippen LogP contribution >= 0.6 is 0 Å². The van der Waals surface area contributed by atoms with Crippen molar-refractivity contribution >= 4 is 7.69 Å². The van der Waals surface area contributed by atoms with Crippen molar-refractivity contribution in [2.45, 2.75) is 0 Å². The van der Waals surface area contributed by atoms with Crippen molar-refractivity contribution in [2.24, 2.45) is 0 Å². The lowest BCUT2D eigenvalue weighted by Gasteiger charge is -2.07. The first-order valence-corrected chi connectivity index (χ1v) is 8.00. The zero-order valence-corrected chi connectivity index (χ0v) is 14.0. The minimum atomic E-state index is -0.0648. The predicted molar refractivity (Wildman–Crippen MR) is 98.1 cm³/mol. The molecule has 8 nitrogen and oxygen atoms in total. The molecule has 129 valence electrons. The fraction of sp³-hybridized carbons (Fsp3) is 0. The van der Waals surface area contributed by atoms with E-state index in [1.165, 1.54) is 0 Å². The Hall–Kier alpha value is -3.72. The predicted octanol–water partition coefficient (Wildman–Crippen LogP) is 1.96. The molecule has 1 N–H and O–H groups in total. The van der Waals surface area contributed by atoms with Gasteiger partial charge in [0, 0.05) is 35.9 Å². The summed E-state index contributed by atoms with van der Waals surface area (Å²) in [6, 6.07) is 13.2. The van der Waals surface area contributed by atoms with Crippen LogP contribution in [0.15, 0.2) is 67.3 Å². The van der Waals surface area contributed by atoms with Gasteiger partial charge in [-0.3, -0.25) is 4.98 Å². The maximum Gasteiger partial charge on any atom is 0.571 e. The van der Waals surface area contributed by atoms with Gasteiger partial charge in [-0.2, -0.15) is 9.97 Å². The quantitative estimate of drug-likeness (QED) is 0.542. The van der Waals surface area contributed by atoms with Gasteiger partial charge in [0.1, 0.15) is 0 Å². The number of hydrogen-bond acceptors (Lipinski definition) is 8. The van der Waals surface area contributed by atoms with Crippen molar-refractivity contribution in [3.05, 3.63) is 67.3 Å². The molecular formula is C18H12BN6O2. The molecule has 0 aliphatic carbocycles.